The summed E-state index contributed by atoms with van der Waals surface area (Å²) < 4.78 is 20.1. The third-order valence-electron chi connectivity index (χ3n) is 3.86. The Morgan fingerprint density at radius 2 is 2.00 bits per heavy atom. The van der Waals surface area contributed by atoms with E-state index >= 15 is 0 Å². The average molecular weight is 410 g/mol. The van der Waals surface area contributed by atoms with E-state index in [1.807, 2.05) is 19.1 Å². The molecule has 0 heterocycles. The van der Waals surface area contributed by atoms with Crippen LogP contribution in [0, 0.1) is 9.39 Å². The van der Waals surface area contributed by atoms with E-state index in [0.717, 1.165) is 39.4 Å². The lowest BCUT2D eigenvalue weighted by atomic mass is 9.95. The molecule has 1 fully saturated rings. The first-order valence-corrected chi connectivity index (χ1v) is 8.43. The molecule has 0 saturated heterocycles. The molecule has 1 aliphatic carbocycles. The Morgan fingerprint density at radius 3 is 2.64 bits per heavy atom. The number of hydrogen-bond donors (Lipinski definition) is 0. The Balaban J connectivity index is 2.16. The van der Waals surface area contributed by atoms with E-state index in [0.29, 0.717) is 23.8 Å². The van der Waals surface area contributed by atoms with Crippen LogP contribution in [0.25, 0.3) is 11.1 Å². The second-order valence-electron chi connectivity index (χ2n) is 5.40. The highest BCUT2D eigenvalue weighted by atomic mass is 127. The van der Waals surface area contributed by atoms with Crippen molar-refractivity contribution in [2.75, 3.05) is 6.61 Å². The average Bonchev–Trinajstić information content (AvgIpc) is 3.34. The molecular formula is C18H16FIO2. The zero-order valence-electron chi connectivity index (χ0n) is 12.2. The molecule has 114 valence electrons. The van der Waals surface area contributed by atoms with Crippen molar-refractivity contribution in [3.05, 3.63) is 50.8 Å². The fraction of sp³-hybridized carbons (Fsp3) is 0.278. The van der Waals surface area contributed by atoms with E-state index in [9.17, 15) is 9.18 Å². The second kappa shape index (κ2) is 6.36. The van der Waals surface area contributed by atoms with Crippen LogP contribution in [0.4, 0.5) is 4.39 Å². The molecule has 1 aliphatic rings. The molecule has 2 aromatic rings. The first-order valence-electron chi connectivity index (χ1n) is 7.36. The maximum Gasteiger partial charge on any atom is 0.153 e. The summed E-state index contributed by atoms with van der Waals surface area (Å²) in [5, 5.41) is 0. The third-order valence-corrected chi connectivity index (χ3v) is 4.94. The minimum absolute atomic E-state index is 0.199. The monoisotopic (exact) mass is 410 g/mol. The predicted molar refractivity (Wildman–Crippen MR) is 93.1 cm³/mol. The van der Waals surface area contributed by atoms with Crippen molar-refractivity contribution >= 4 is 28.9 Å². The lowest BCUT2D eigenvalue weighted by Crippen LogP contribution is -2.01. The van der Waals surface area contributed by atoms with Gasteiger partial charge in [-0.1, -0.05) is 12.1 Å². The molecule has 4 heteroatoms. The third kappa shape index (κ3) is 2.89. The molecule has 1 saturated carbocycles. The fourth-order valence-corrected chi connectivity index (χ4v) is 3.61. The van der Waals surface area contributed by atoms with Crippen LogP contribution in [-0.2, 0) is 0 Å². The lowest BCUT2D eigenvalue weighted by molar-refractivity contribution is 0.111. The van der Waals surface area contributed by atoms with Gasteiger partial charge in [0.15, 0.2) is 6.29 Å². The Bertz CT molecular complexity index is 723. The zero-order chi connectivity index (χ0) is 15.7. The van der Waals surface area contributed by atoms with Crippen molar-refractivity contribution in [1.29, 1.82) is 0 Å². The lowest BCUT2D eigenvalue weighted by Gasteiger charge is -2.15. The van der Waals surface area contributed by atoms with Crippen molar-refractivity contribution in [2.45, 2.75) is 25.7 Å². The summed E-state index contributed by atoms with van der Waals surface area (Å²) in [6.45, 7) is 2.39. The fourth-order valence-electron chi connectivity index (χ4n) is 2.67. The molecule has 2 nitrogen and oxygen atoms in total. The van der Waals surface area contributed by atoms with Crippen molar-refractivity contribution in [3.8, 4) is 16.9 Å². The first kappa shape index (κ1) is 15.5. The predicted octanol–water partition coefficient (Wildman–Crippen LogP) is 5.19. The quantitative estimate of drug-likeness (QED) is 0.501. The molecular weight excluding hydrogens is 394 g/mol. The molecule has 0 radical (unpaired) electrons. The molecule has 3 rings (SSSR count). The van der Waals surface area contributed by atoms with Gasteiger partial charge in [0, 0.05) is 0 Å². The molecule has 0 atom stereocenters. The number of carbonyl (C=O) groups is 1. The van der Waals surface area contributed by atoms with Crippen LogP contribution < -0.4 is 4.74 Å². The van der Waals surface area contributed by atoms with Gasteiger partial charge in [-0.3, -0.25) is 4.79 Å². The van der Waals surface area contributed by atoms with Crippen molar-refractivity contribution in [3.63, 3.8) is 0 Å². The number of benzene rings is 2. The van der Waals surface area contributed by atoms with E-state index in [-0.39, 0.29) is 5.82 Å². The number of rotatable bonds is 5. The highest BCUT2D eigenvalue weighted by Gasteiger charge is 2.28. The van der Waals surface area contributed by atoms with Gasteiger partial charge >= 0.3 is 0 Å². The van der Waals surface area contributed by atoms with Crippen LogP contribution in [0.5, 0.6) is 5.75 Å². The maximum absolute atomic E-state index is 13.6. The minimum Gasteiger partial charge on any atom is -0.492 e. The summed E-state index contributed by atoms with van der Waals surface area (Å²) in [7, 11) is 0. The van der Waals surface area contributed by atoms with Crippen LogP contribution in [0.2, 0.25) is 0 Å². The Morgan fingerprint density at radius 1 is 1.27 bits per heavy atom. The summed E-state index contributed by atoms with van der Waals surface area (Å²) in [4.78, 5) is 11.2. The minimum atomic E-state index is -0.199. The van der Waals surface area contributed by atoms with Gasteiger partial charge in [0.1, 0.15) is 11.6 Å². The van der Waals surface area contributed by atoms with Gasteiger partial charge in [0.25, 0.3) is 0 Å². The zero-order valence-corrected chi connectivity index (χ0v) is 14.4. The number of aldehydes is 1. The van der Waals surface area contributed by atoms with Crippen LogP contribution in [0.1, 0.15) is 41.6 Å². The topological polar surface area (TPSA) is 26.3 Å². The Kier molecular flexibility index (Phi) is 4.47. The van der Waals surface area contributed by atoms with E-state index in [1.54, 1.807) is 12.1 Å². The number of hydrogen-bond acceptors (Lipinski definition) is 2. The summed E-state index contributed by atoms with van der Waals surface area (Å²) >= 11 is 2.21. The number of ether oxygens (including phenoxy) is 1. The SMILES string of the molecule is CCOc1c(C=O)ccc(-c2ccc(F)cc2C2CC2)c1I. The normalized spacial score (nSPS) is 14.0. The van der Waals surface area contributed by atoms with Crippen molar-refractivity contribution in [2.24, 2.45) is 0 Å². The van der Waals surface area contributed by atoms with E-state index in [1.165, 1.54) is 6.07 Å². The van der Waals surface area contributed by atoms with Gasteiger partial charge in [0.2, 0.25) is 0 Å². The van der Waals surface area contributed by atoms with Crippen LogP contribution in [0.3, 0.4) is 0 Å². The van der Waals surface area contributed by atoms with Gasteiger partial charge in [0.05, 0.1) is 15.7 Å². The molecule has 2 aromatic carbocycles. The Hall–Kier alpha value is -1.43. The Labute approximate surface area is 142 Å². The molecule has 0 aromatic heterocycles. The highest BCUT2D eigenvalue weighted by Crippen LogP contribution is 2.46. The highest BCUT2D eigenvalue weighted by molar-refractivity contribution is 14.1. The van der Waals surface area contributed by atoms with Crippen LogP contribution in [-0.4, -0.2) is 12.9 Å². The van der Waals surface area contributed by atoms with Crippen LogP contribution in [0.15, 0.2) is 30.3 Å². The molecule has 0 unspecified atom stereocenters. The molecule has 0 spiro atoms. The van der Waals surface area contributed by atoms with E-state index < -0.39 is 0 Å². The number of carbonyl (C=O) groups excluding carboxylic acids is 1. The molecule has 22 heavy (non-hydrogen) atoms. The van der Waals surface area contributed by atoms with Gasteiger partial charge in [-0.2, -0.15) is 0 Å². The first-order chi connectivity index (χ1) is 10.7. The molecule has 0 N–H and O–H groups in total. The standard InChI is InChI=1S/C18H16FIO2/c1-2-22-18-12(10-21)5-7-15(17(18)20)14-8-6-13(19)9-16(14)11-3-4-11/h5-11H,2-4H2,1H3. The van der Waals surface area contributed by atoms with Crippen molar-refractivity contribution < 1.29 is 13.9 Å². The van der Waals surface area contributed by atoms with Gasteiger partial charge in [-0.05, 0) is 83.2 Å². The molecule has 0 aliphatic heterocycles. The molecule has 0 bridgehead atoms. The van der Waals surface area contributed by atoms with Gasteiger partial charge < -0.3 is 4.74 Å². The number of halogens is 2. The van der Waals surface area contributed by atoms with E-state index in [2.05, 4.69) is 22.6 Å². The van der Waals surface area contributed by atoms with Gasteiger partial charge in [-0.15, -0.1) is 0 Å². The van der Waals surface area contributed by atoms with Crippen molar-refractivity contribution in [1.82, 2.24) is 0 Å². The molecule has 0 amide bonds. The summed E-state index contributed by atoms with van der Waals surface area (Å²) in [6, 6.07) is 8.65. The summed E-state index contributed by atoms with van der Waals surface area (Å²) in [5.74, 6) is 0.861. The summed E-state index contributed by atoms with van der Waals surface area (Å²) in [6.07, 6.45) is 3.03. The largest absolute Gasteiger partial charge is 0.492 e. The van der Waals surface area contributed by atoms with Crippen LogP contribution >= 0.6 is 22.6 Å². The van der Waals surface area contributed by atoms with E-state index in [4.69, 9.17) is 4.74 Å². The smallest absolute Gasteiger partial charge is 0.153 e. The van der Waals surface area contributed by atoms with Gasteiger partial charge in [-0.25, -0.2) is 4.39 Å². The second-order valence-corrected chi connectivity index (χ2v) is 6.48. The maximum atomic E-state index is 13.6. The summed E-state index contributed by atoms with van der Waals surface area (Å²) in [5.41, 5.74) is 3.63.